The topological polar surface area (TPSA) is 42.7 Å². The van der Waals surface area contributed by atoms with E-state index in [1.807, 2.05) is 18.2 Å². The first-order chi connectivity index (χ1) is 10.3. The second kappa shape index (κ2) is 6.22. The molecular weight excluding hydrogens is 260 g/mol. The Morgan fingerprint density at radius 1 is 1.05 bits per heavy atom. The van der Waals surface area contributed by atoms with E-state index in [-0.39, 0.29) is 0 Å². The van der Waals surface area contributed by atoms with Crippen molar-refractivity contribution in [1.29, 1.82) is 0 Å². The number of benzene rings is 2. The number of hydrogen-bond acceptors (Lipinski definition) is 3. The molecule has 3 aromatic rings. The predicted molar refractivity (Wildman–Crippen MR) is 84.7 cm³/mol. The van der Waals surface area contributed by atoms with Gasteiger partial charge in [0.2, 0.25) is 0 Å². The molecular formula is C17H18N4. The Kier molecular flexibility index (Phi) is 3.96. The largest absolute Gasteiger partial charge is 0.384 e. The molecule has 0 saturated heterocycles. The fourth-order valence-electron chi connectivity index (χ4n) is 2.24. The van der Waals surface area contributed by atoms with Gasteiger partial charge < -0.3 is 5.32 Å². The van der Waals surface area contributed by atoms with Gasteiger partial charge >= 0.3 is 0 Å². The van der Waals surface area contributed by atoms with Gasteiger partial charge in [-0.25, -0.2) is 9.67 Å². The Morgan fingerprint density at radius 3 is 2.48 bits per heavy atom. The highest BCUT2D eigenvalue weighted by Gasteiger charge is 2.04. The third-order valence-corrected chi connectivity index (χ3v) is 3.53. The summed E-state index contributed by atoms with van der Waals surface area (Å²) < 4.78 is 1.75. The minimum atomic E-state index is 0.473. The van der Waals surface area contributed by atoms with Crippen molar-refractivity contribution in [2.24, 2.45) is 0 Å². The molecule has 2 aromatic carbocycles. The van der Waals surface area contributed by atoms with E-state index >= 15 is 0 Å². The predicted octanol–water partition coefficient (Wildman–Crippen LogP) is 3.48. The molecule has 0 bridgehead atoms. The first-order valence-electron chi connectivity index (χ1n) is 7.07. The van der Waals surface area contributed by atoms with Gasteiger partial charge in [-0.1, -0.05) is 37.3 Å². The van der Waals surface area contributed by atoms with Crippen LogP contribution in [0.25, 0.3) is 5.69 Å². The van der Waals surface area contributed by atoms with Gasteiger partial charge in [0, 0.05) is 12.2 Å². The lowest BCUT2D eigenvalue weighted by molar-refractivity contribution is 0.804. The molecule has 0 saturated carbocycles. The molecule has 0 aliphatic rings. The van der Waals surface area contributed by atoms with E-state index in [2.05, 4.69) is 58.7 Å². The van der Waals surface area contributed by atoms with Crippen LogP contribution in [0.3, 0.4) is 0 Å². The SMILES string of the molecule is CC(CNc1ccc(-n2cncn2)cc1)c1ccccc1. The number of anilines is 1. The fraction of sp³-hybridized carbons (Fsp3) is 0.176. The highest BCUT2D eigenvalue weighted by molar-refractivity contribution is 5.48. The van der Waals surface area contributed by atoms with Gasteiger partial charge in [0.25, 0.3) is 0 Å². The van der Waals surface area contributed by atoms with E-state index in [4.69, 9.17) is 0 Å². The number of aromatic nitrogens is 3. The number of rotatable bonds is 5. The summed E-state index contributed by atoms with van der Waals surface area (Å²) in [5.41, 5.74) is 3.47. The van der Waals surface area contributed by atoms with Crippen LogP contribution in [0.15, 0.2) is 67.3 Å². The summed E-state index contributed by atoms with van der Waals surface area (Å²) in [6, 6.07) is 18.7. The zero-order valence-electron chi connectivity index (χ0n) is 12.0. The second-order valence-electron chi connectivity index (χ2n) is 5.08. The Bertz CT molecular complexity index is 660. The first-order valence-corrected chi connectivity index (χ1v) is 7.07. The van der Waals surface area contributed by atoms with Crippen molar-refractivity contribution in [2.75, 3.05) is 11.9 Å². The molecule has 0 aliphatic carbocycles. The summed E-state index contributed by atoms with van der Waals surface area (Å²) in [6.07, 6.45) is 3.23. The smallest absolute Gasteiger partial charge is 0.138 e. The van der Waals surface area contributed by atoms with Crippen LogP contribution in [-0.4, -0.2) is 21.3 Å². The molecule has 0 aliphatic heterocycles. The Hall–Kier alpha value is -2.62. The summed E-state index contributed by atoms with van der Waals surface area (Å²) in [6.45, 7) is 3.14. The summed E-state index contributed by atoms with van der Waals surface area (Å²) in [5.74, 6) is 0.473. The number of nitrogens with one attached hydrogen (secondary N) is 1. The zero-order chi connectivity index (χ0) is 14.5. The maximum absolute atomic E-state index is 4.12. The van der Waals surface area contributed by atoms with Gasteiger partial charge in [-0.15, -0.1) is 0 Å². The molecule has 21 heavy (non-hydrogen) atoms. The van der Waals surface area contributed by atoms with Gasteiger partial charge in [-0.3, -0.25) is 0 Å². The molecule has 1 N–H and O–H groups in total. The van der Waals surface area contributed by atoms with Crippen LogP contribution in [0.4, 0.5) is 5.69 Å². The standard InChI is InChI=1S/C17H18N4/c1-14(15-5-3-2-4-6-15)11-19-16-7-9-17(10-8-16)21-13-18-12-20-21/h2-10,12-14,19H,11H2,1H3. The van der Waals surface area contributed by atoms with Gasteiger partial charge in [-0.2, -0.15) is 5.10 Å². The maximum Gasteiger partial charge on any atom is 0.138 e. The molecule has 1 unspecified atom stereocenters. The summed E-state index contributed by atoms with van der Waals surface area (Å²) in [5, 5.41) is 7.59. The molecule has 3 rings (SSSR count). The van der Waals surface area contributed by atoms with Crippen LogP contribution in [0, 0.1) is 0 Å². The Morgan fingerprint density at radius 2 is 1.81 bits per heavy atom. The average molecular weight is 278 g/mol. The fourth-order valence-corrected chi connectivity index (χ4v) is 2.24. The van der Waals surface area contributed by atoms with E-state index < -0.39 is 0 Å². The molecule has 106 valence electrons. The van der Waals surface area contributed by atoms with Crippen molar-refractivity contribution in [1.82, 2.24) is 14.8 Å². The van der Waals surface area contributed by atoms with Crippen molar-refractivity contribution in [2.45, 2.75) is 12.8 Å². The molecule has 0 spiro atoms. The van der Waals surface area contributed by atoms with Gasteiger partial charge in [-0.05, 0) is 35.7 Å². The summed E-state index contributed by atoms with van der Waals surface area (Å²) in [7, 11) is 0. The van der Waals surface area contributed by atoms with E-state index in [9.17, 15) is 0 Å². The summed E-state index contributed by atoms with van der Waals surface area (Å²) in [4.78, 5) is 3.95. The molecule has 1 atom stereocenters. The highest BCUT2D eigenvalue weighted by Crippen LogP contribution is 2.17. The van der Waals surface area contributed by atoms with Crippen molar-refractivity contribution >= 4 is 5.69 Å². The lowest BCUT2D eigenvalue weighted by Gasteiger charge is -2.14. The molecule has 4 nitrogen and oxygen atoms in total. The molecule has 4 heteroatoms. The van der Waals surface area contributed by atoms with Crippen LogP contribution in [0.2, 0.25) is 0 Å². The third-order valence-electron chi connectivity index (χ3n) is 3.53. The van der Waals surface area contributed by atoms with Crippen molar-refractivity contribution in [3.8, 4) is 5.69 Å². The Balaban J connectivity index is 1.61. The minimum Gasteiger partial charge on any atom is -0.384 e. The van der Waals surface area contributed by atoms with E-state index in [1.54, 1.807) is 11.0 Å². The van der Waals surface area contributed by atoms with Crippen LogP contribution in [-0.2, 0) is 0 Å². The van der Waals surface area contributed by atoms with Crippen LogP contribution in [0.5, 0.6) is 0 Å². The average Bonchev–Trinajstić information content (AvgIpc) is 3.08. The van der Waals surface area contributed by atoms with Crippen LogP contribution < -0.4 is 5.32 Å². The molecule has 0 radical (unpaired) electrons. The highest BCUT2D eigenvalue weighted by atomic mass is 15.3. The first kappa shape index (κ1) is 13.4. The second-order valence-corrected chi connectivity index (χ2v) is 5.08. The quantitative estimate of drug-likeness (QED) is 0.777. The third kappa shape index (κ3) is 3.28. The van der Waals surface area contributed by atoms with Crippen LogP contribution >= 0.6 is 0 Å². The lowest BCUT2D eigenvalue weighted by Crippen LogP contribution is -2.09. The maximum atomic E-state index is 4.12. The Labute approximate surface area is 124 Å². The monoisotopic (exact) mass is 278 g/mol. The van der Waals surface area contributed by atoms with E-state index in [1.165, 1.54) is 11.9 Å². The lowest BCUT2D eigenvalue weighted by atomic mass is 10.0. The van der Waals surface area contributed by atoms with Gasteiger partial charge in [0.05, 0.1) is 5.69 Å². The van der Waals surface area contributed by atoms with Crippen LogP contribution in [0.1, 0.15) is 18.4 Å². The zero-order valence-corrected chi connectivity index (χ0v) is 12.0. The van der Waals surface area contributed by atoms with Gasteiger partial charge in [0.1, 0.15) is 12.7 Å². The van der Waals surface area contributed by atoms with Crippen molar-refractivity contribution in [3.05, 3.63) is 72.8 Å². The molecule has 0 fully saturated rings. The van der Waals surface area contributed by atoms with E-state index in [0.717, 1.165) is 17.9 Å². The van der Waals surface area contributed by atoms with Crippen molar-refractivity contribution < 1.29 is 0 Å². The van der Waals surface area contributed by atoms with Gasteiger partial charge in [0.15, 0.2) is 0 Å². The molecule has 0 amide bonds. The minimum absolute atomic E-state index is 0.473. The van der Waals surface area contributed by atoms with Crippen molar-refractivity contribution in [3.63, 3.8) is 0 Å². The van der Waals surface area contributed by atoms with E-state index in [0.29, 0.717) is 5.92 Å². The normalized spacial score (nSPS) is 12.0. The number of nitrogens with zero attached hydrogens (tertiary/aromatic N) is 3. The molecule has 1 heterocycles. The summed E-state index contributed by atoms with van der Waals surface area (Å²) >= 11 is 0. The molecule has 1 aromatic heterocycles. The number of hydrogen-bond donors (Lipinski definition) is 1.